The second kappa shape index (κ2) is 5.16. The molecule has 0 unspecified atom stereocenters. The van der Waals surface area contributed by atoms with Crippen molar-refractivity contribution < 1.29 is 8.78 Å². The van der Waals surface area contributed by atoms with E-state index in [1.807, 2.05) is 4.40 Å². The Labute approximate surface area is 121 Å². The highest BCUT2D eigenvalue weighted by Crippen LogP contribution is 2.15. The summed E-state index contributed by atoms with van der Waals surface area (Å²) in [5.74, 6) is -1.74. The molecule has 2 aromatic heterocycles. The van der Waals surface area contributed by atoms with Gasteiger partial charge >= 0.3 is 0 Å². The molecule has 0 saturated heterocycles. The monoisotopic (exact) mass is 338 g/mol. The van der Waals surface area contributed by atoms with Crippen molar-refractivity contribution >= 4 is 27.3 Å². The quantitative estimate of drug-likeness (QED) is 0.796. The zero-order valence-corrected chi connectivity index (χ0v) is 11.7. The molecular weight excluding hydrogens is 330 g/mol. The fraction of sp³-hybridized carbons (Fsp3) is 0.0769. The summed E-state index contributed by atoms with van der Waals surface area (Å²) in [6, 6.07) is 3.70. The van der Waals surface area contributed by atoms with E-state index < -0.39 is 11.6 Å². The Kier molecular flexibility index (Phi) is 3.35. The number of benzene rings is 1. The molecule has 3 rings (SSSR count). The lowest BCUT2D eigenvalue weighted by atomic mass is 10.3. The van der Waals surface area contributed by atoms with E-state index in [0.717, 1.165) is 23.5 Å². The van der Waals surface area contributed by atoms with Crippen LogP contribution in [0.1, 0.15) is 5.69 Å². The second-order valence-corrected chi connectivity index (χ2v) is 4.98. The molecule has 4 nitrogen and oxygen atoms in total. The van der Waals surface area contributed by atoms with Crippen LogP contribution in [0.25, 0.3) is 5.65 Å². The largest absolute Gasteiger partial charge is 0.379 e. The predicted octanol–water partition coefficient (Wildman–Crippen LogP) is 3.38. The van der Waals surface area contributed by atoms with Gasteiger partial charge in [0.05, 0.1) is 24.6 Å². The summed E-state index contributed by atoms with van der Waals surface area (Å²) in [7, 11) is 0. The van der Waals surface area contributed by atoms with Gasteiger partial charge in [0.15, 0.2) is 17.3 Å². The number of fused-ring (bicyclic) bond motifs is 1. The molecule has 0 amide bonds. The molecule has 0 aliphatic rings. The zero-order valence-electron chi connectivity index (χ0n) is 10.1. The number of halogens is 3. The zero-order chi connectivity index (χ0) is 14.1. The number of anilines is 1. The lowest BCUT2D eigenvalue weighted by Gasteiger charge is -2.07. The number of nitrogens with zero attached hydrogens (tertiary/aromatic N) is 3. The minimum atomic E-state index is -0.875. The predicted molar refractivity (Wildman–Crippen MR) is 74.4 cm³/mol. The molecule has 3 aromatic rings. The molecule has 2 heterocycles. The van der Waals surface area contributed by atoms with Crippen molar-refractivity contribution in [2.45, 2.75) is 6.54 Å². The average molecular weight is 339 g/mol. The van der Waals surface area contributed by atoms with Crippen molar-refractivity contribution in [1.82, 2.24) is 14.4 Å². The Balaban J connectivity index is 1.83. The van der Waals surface area contributed by atoms with Gasteiger partial charge in [0.1, 0.15) is 4.60 Å². The van der Waals surface area contributed by atoms with Crippen LogP contribution in [0.5, 0.6) is 0 Å². The number of aromatic nitrogens is 3. The Bertz CT molecular complexity index is 772. The maximum absolute atomic E-state index is 13.1. The molecule has 20 heavy (non-hydrogen) atoms. The highest BCUT2D eigenvalue weighted by Gasteiger charge is 2.06. The van der Waals surface area contributed by atoms with Gasteiger partial charge in [-0.2, -0.15) is 0 Å². The molecule has 0 radical (unpaired) electrons. The highest BCUT2D eigenvalue weighted by atomic mass is 79.9. The Morgan fingerprint density at radius 3 is 2.80 bits per heavy atom. The molecule has 0 spiro atoms. The molecule has 102 valence electrons. The summed E-state index contributed by atoms with van der Waals surface area (Å²) in [6.45, 7) is 0.433. The first-order valence-corrected chi connectivity index (χ1v) is 6.59. The molecule has 7 heteroatoms. The molecule has 0 saturated carbocycles. The van der Waals surface area contributed by atoms with Crippen LogP contribution >= 0.6 is 15.9 Å². The van der Waals surface area contributed by atoms with Gasteiger partial charge < -0.3 is 5.32 Å². The van der Waals surface area contributed by atoms with Crippen LogP contribution in [0, 0.1) is 11.6 Å². The van der Waals surface area contributed by atoms with E-state index in [1.54, 1.807) is 18.6 Å². The van der Waals surface area contributed by atoms with Crippen LogP contribution in [0.15, 0.2) is 41.4 Å². The summed E-state index contributed by atoms with van der Waals surface area (Å²) >= 11 is 3.29. The molecule has 0 atom stereocenters. The first kappa shape index (κ1) is 13.0. The van der Waals surface area contributed by atoms with Crippen LogP contribution in [-0.4, -0.2) is 14.4 Å². The third-order valence-corrected chi connectivity index (χ3v) is 3.24. The van der Waals surface area contributed by atoms with Gasteiger partial charge in [-0.05, 0) is 28.1 Å². The Morgan fingerprint density at radius 1 is 1.15 bits per heavy atom. The fourth-order valence-electron chi connectivity index (χ4n) is 1.85. The van der Waals surface area contributed by atoms with Gasteiger partial charge in [-0.1, -0.05) is 0 Å². The normalized spacial score (nSPS) is 10.9. The third-order valence-electron chi connectivity index (χ3n) is 2.83. The number of nitrogens with one attached hydrogen (secondary N) is 1. The van der Waals surface area contributed by atoms with Crippen molar-refractivity contribution in [2.75, 3.05) is 5.32 Å². The van der Waals surface area contributed by atoms with Crippen molar-refractivity contribution in [3.63, 3.8) is 0 Å². The minimum Gasteiger partial charge on any atom is -0.379 e. The molecule has 0 fully saturated rings. The van der Waals surface area contributed by atoms with E-state index in [0.29, 0.717) is 16.8 Å². The fourth-order valence-corrected chi connectivity index (χ4v) is 2.15. The van der Waals surface area contributed by atoms with Crippen LogP contribution in [-0.2, 0) is 6.54 Å². The SMILES string of the molecule is Fc1ccc(NCc2cnc3cnc(Br)cn23)cc1F. The van der Waals surface area contributed by atoms with Crippen LogP contribution in [0.3, 0.4) is 0 Å². The van der Waals surface area contributed by atoms with Crippen molar-refractivity contribution in [3.8, 4) is 0 Å². The van der Waals surface area contributed by atoms with E-state index in [9.17, 15) is 8.78 Å². The van der Waals surface area contributed by atoms with Gasteiger partial charge in [-0.3, -0.25) is 4.40 Å². The topological polar surface area (TPSA) is 42.2 Å². The van der Waals surface area contributed by atoms with Crippen LogP contribution < -0.4 is 5.32 Å². The summed E-state index contributed by atoms with van der Waals surface area (Å²) in [6.07, 6.45) is 5.14. The first-order valence-electron chi connectivity index (χ1n) is 5.80. The lowest BCUT2D eigenvalue weighted by molar-refractivity contribution is 0.509. The van der Waals surface area contributed by atoms with E-state index in [4.69, 9.17) is 0 Å². The standard InChI is InChI=1S/C13H9BrF2N4/c14-12-7-20-9(5-19-13(20)6-18-12)4-17-8-1-2-10(15)11(16)3-8/h1-3,5-7,17H,4H2. The van der Waals surface area contributed by atoms with Gasteiger partial charge in [0.25, 0.3) is 0 Å². The summed E-state index contributed by atoms with van der Waals surface area (Å²) < 4.78 is 28.5. The lowest BCUT2D eigenvalue weighted by Crippen LogP contribution is -2.03. The van der Waals surface area contributed by atoms with Crippen molar-refractivity contribution in [1.29, 1.82) is 0 Å². The van der Waals surface area contributed by atoms with Gasteiger partial charge in [-0.25, -0.2) is 18.7 Å². The van der Waals surface area contributed by atoms with E-state index in [2.05, 4.69) is 31.2 Å². The summed E-state index contributed by atoms with van der Waals surface area (Å²) in [4.78, 5) is 8.29. The molecule has 1 N–H and O–H groups in total. The Hall–Kier alpha value is -2.02. The van der Waals surface area contributed by atoms with E-state index in [1.165, 1.54) is 6.07 Å². The molecule has 0 aliphatic heterocycles. The number of rotatable bonds is 3. The van der Waals surface area contributed by atoms with Gasteiger partial charge in [-0.15, -0.1) is 0 Å². The maximum Gasteiger partial charge on any atom is 0.160 e. The van der Waals surface area contributed by atoms with Crippen LogP contribution in [0.2, 0.25) is 0 Å². The molecule has 1 aromatic carbocycles. The van der Waals surface area contributed by atoms with E-state index >= 15 is 0 Å². The summed E-state index contributed by atoms with van der Waals surface area (Å²) in [5.41, 5.74) is 2.11. The molecular formula is C13H9BrF2N4. The van der Waals surface area contributed by atoms with E-state index in [-0.39, 0.29) is 0 Å². The van der Waals surface area contributed by atoms with Crippen LogP contribution in [0.4, 0.5) is 14.5 Å². The number of hydrogen-bond donors (Lipinski definition) is 1. The van der Waals surface area contributed by atoms with Gasteiger partial charge in [0.2, 0.25) is 0 Å². The highest BCUT2D eigenvalue weighted by molar-refractivity contribution is 9.10. The number of hydrogen-bond acceptors (Lipinski definition) is 3. The minimum absolute atomic E-state index is 0.433. The third kappa shape index (κ3) is 2.49. The van der Waals surface area contributed by atoms with Crippen molar-refractivity contribution in [3.05, 3.63) is 58.7 Å². The molecule has 0 aliphatic carbocycles. The van der Waals surface area contributed by atoms with Crippen molar-refractivity contribution in [2.24, 2.45) is 0 Å². The summed E-state index contributed by atoms with van der Waals surface area (Å²) in [5, 5.41) is 3.02. The Morgan fingerprint density at radius 2 is 2.00 bits per heavy atom. The molecule has 0 bridgehead atoms. The maximum atomic E-state index is 13.1. The van der Waals surface area contributed by atoms with Gasteiger partial charge in [0, 0.05) is 18.0 Å². The smallest absolute Gasteiger partial charge is 0.160 e. The number of imidazole rings is 1. The first-order chi connectivity index (χ1) is 9.63. The average Bonchev–Trinajstić information content (AvgIpc) is 2.82. The second-order valence-electron chi connectivity index (χ2n) is 4.17.